The highest BCUT2D eigenvalue weighted by atomic mass is 127. The fourth-order valence-electron chi connectivity index (χ4n) is 0.966. The SMILES string of the molecule is NC(=O)c1ccc(I)cc1C(F)(F)F. The standard InChI is InChI=1S/C8H5F3INO/c9-8(10,11)6-3-4(12)1-2-5(6)7(13)14/h1-3H,(H2,13,14). The lowest BCUT2D eigenvalue weighted by atomic mass is 10.1. The molecule has 6 heteroatoms. The molecule has 0 heterocycles. The van der Waals surface area contributed by atoms with Gasteiger partial charge in [0.1, 0.15) is 0 Å². The van der Waals surface area contributed by atoms with Crippen molar-refractivity contribution in [3.8, 4) is 0 Å². The van der Waals surface area contributed by atoms with Gasteiger partial charge in [0.25, 0.3) is 0 Å². The number of nitrogens with two attached hydrogens (primary N) is 1. The Labute approximate surface area is 91.4 Å². The molecule has 1 aromatic rings. The van der Waals surface area contributed by atoms with Gasteiger partial charge in [-0.1, -0.05) is 0 Å². The molecule has 0 fully saturated rings. The van der Waals surface area contributed by atoms with Gasteiger partial charge in [-0.15, -0.1) is 0 Å². The van der Waals surface area contributed by atoms with Crippen molar-refractivity contribution in [3.05, 3.63) is 32.9 Å². The second-order valence-corrected chi connectivity index (χ2v) is 3.80. The van der Waals surface area contributed by atoms with E-state index in [2.05, 4.69) is 0 Å². The zero-order chi connectivity index (χ0) is 10.9. The number of benzene rings is 1. The Kier molecular flexibility index (Phi) is 3.03. The molecule has 1 amide bonds. The molecule has 0 saturated carbocycles. The molecule has 1 aromatic carbocycles. The first-order valence-corrected chi connectivity index (χ1v) is 4.57. The van der Waals surface area contributed by atoms with Gasteiger partial charge in [-0.25, -0.2) is 0 Å². The number of amides is 1. The summed E-state index contributed by atoms with van der Waals surface area (Å²) in [4.78, 5) is 10.7. The highest BCUT2D eigenvalue weighted by Gasteiger charge is 2.34. The van der Waals surface area contributed by atoms with Crippen LogP contribution in [0, 0.1) is 3.57 Å². The van der Waals surface area contributed by atoms with E-state index in [9.17, 15) is 18.0 Å². The van der Waals surface area contributed by atoms with Crippen LogP contribution in [0.5, 0.6) is 0 Å². The Morgan fingerprint density at radius 3 is 2.36 bits per heavy atom. The predicted octanol–water partition coefficient (Wildman–Crippen LogP) is 2.41. The van der Waals surface area contributed by atoms with Crippen LogP contribution in [-0.2, 0) is 6.18 Å². The summed E-state index contributed by atoms with van der Waals surface area (Å²) in [6.45, 7) is 0. The first-order valence-electron chi connectivity index (χ1n) is 3.49. The molecule has 14 heavy (non-hydrogen) atoms. The monoisotopic (exact) mass is 315 g/mol. The molecule has 76 valence electrons. The van der Waals surface area contributed by atoms with E-state index in [0.29, 0.717) is 3.57 Å². The van der Waals surface area contributed by atoms with Crippen LogP contribution in [-0.4, -0.2) is 5.91 Å². The van der Waals surface area contributed by atoms with Crippen LogP contribution in [0.1, 0.15) is 15.9 Å². The van der Waals surface area contributed by atoms with Gasteiger partial charge in [0.15, 0.2) is 0 Å². The summed E-state index contributed by atoms with van der Waals surface area (Å²) in [7, 11) is 0. The van der Waals surface area contributed by atoms with Crippen LogP contribution >= 0.6 is 22.6 Å². The smallest absolute Gasteiger partial charge is 0.366 e. The first kappa shape index (κ1) is 11.3. The maximum atomic E-state index is 12.4. The third-order valence-corrected chi connectivity index (χ3v) is 2.22. The van der Waals surface area contributed by atoms with Gasteiger partial charge in [0.2, 0.25) is 5.91 Å². The largest absolute Gasteiger partial charge is 0.417 e. The molecule has 2 N–H and O–H groups in total. The number of hydrogen-bond acceptors (Lipinski definition) is 1. The lowest BCUT2D eigenvalue weighted by molar-refractivity contribution is -0.138. The third kappa shape index (κ3) is 2.37. The quantitative estimate of drug-likeness (QED) is 0.795. The van der Waals surface area contributed by atoms with Crippen LogP contribution in [0.2, 0.25) is 0 Å². The van der Waals surface area contributed by atoms with Gasteiger partial charge in [0.05, 0.1) is 11.1 Å². The minimum atomic E-state index is -4.55. The van der Waals surface area contributed by atoms with Crippen LogP contribution < -0.4 is 5.73 Å². The van der Waals surface area contributed by atoms with E-state index < -0.39 is 23.2 Å². The Balaban J connectivity index is 3.38. The summed E-state index contributed by atoms with van der Waals surface area (Å²) in [6.07, 6.45) is -4.55. The zero-order valence-electron chi connectivity index (χ0n) is 6.73. The Bertz CT molecular complexity index is 375. The van der Waals surface area contributed by atoms with Crippen molar-refractivity contribution in [3.63, 3.8) is 0 Å². The van der Waals surface area contributed by atoms with Crippen molar-refractivity contribution in [2.45, 2.75) is 6.18 Å². The molecule has 2 nitrogen and oxygen atoms in total. The van der Waals surface area contributed by atoms with Crippen molar-refractivity contribution in [1.82, 2.24) is 0 Å². The number of hydrogen-bond donors (Lipinski definition) is 1. The molecular formula is C8H5F3INO. The van der Waals surface area contributed by atoms with E-state index in [0.717, 1.165) is 12.1 Å². The Morgan fingerprint density at radius 2 is 1.93 bits per heavy atom. The van der Waals surface area contributed by atoms with Gasteiger partial charge in [-0.2, -0.15) is 13.2 Å². The average molecular weight is 315 g/mol. The minimum Gasteiger partial charge on any atom is -0.366 e. The molecule has 0 radical (unpaired) electrons. The molecule has 0 aliphatic carbocycles. The topological polar surface area (TPSA) is 43.1 Å². The Hall–Kier alpha value is -0.790. The third-order valence-electron chi connectivity index (χ3n) is 1.55. The van der Waals surface area contributed by atoms with E-state index in [1.807, 2.05) is 0 Å². The van der Waals surface area contributed by atoms with Gasteiger partial charge in [-0.05, 0) is 40.8 Å². The fraction of sp³-hybridized carbons (Fsp3) is 0.125. The van der Waals surface area contributed by atoms with Crippen molar-refractivity contribution in [2.24, 2.45) is 5.73 Å². The predicted molar refractivity (Wildman–Crippen MR) is 52.7 cm³/mol. The zero-order valence-corrected chi connectivity index (χ0v) is 8.89. The van der Waals surface area contributed by atoms with E-state index in [-0.39, 0.29) is 0 Å². The summed E-state index contributed by atoms with van der Waals surface area (Å²) < 4.78 is 37.5. The molecular weight excluding hydrogens is 310 g/mol. The van der Waals surface area contributed by atoms with Gasteiger partial charge in [-0.3, -0.25) is 4.79 Å². The lowest BCUT2D eigenvalue weighted by Crippen LogP contribution is -2.18. The van der Waals surface area contributed by atoms with Crippen molar-refractivity contribution in [2.75, 3.05) is 0 Å². The second-order valence-electron chi connectivity index (χ2n) is 2.55. The molecule has 0 spiro atoms. The minimum absolute atomic E-state index is 0.403. The Morgan fingerprint density at radius 1 is 1.36 bits per heavy atom. The number of primary amides is 1. The number of carbonyl (C=O) groups is 1. The molecule has 1 rings (SSSR count). The number of halogens is 4. The van der Waals surface area contributed by atoms with Crippen LogP contribution in [0.4, 0.5) is 13.2 Å². The summed E-state index contributed by atoms with van der Waals surface area (Å²) in [5.74, 6) is -1.08. The summed E-state index contributed by atoms with van der Waals surface area (Å²) in [5.41, 5.74) is 3.33. The maximum absolute atomic E-state index is 12.4. The first-order chi connectivity index (χ1) is 6.32. The number of alkyl halides is 3. The summed E-state index contributed by atoms with van der Waals surface area (Å²) in [5, 5.41) is 0. The normalized spacial score (nSPS) is 11.4. The van der Waals surface area contributed by atoms with Crippen LogP contribution in [0.3, 0.4) is 0 Å². The molecule has 0 aliphatic rings. The molecule has 0 bridgehead atoms. The average Bonchev–Trinajstić information content (AvgIpc) is 2.01. The summed E-state index contributed by atoms with van der Waals surface area (Å²) in [6, 6.07) is 3.36. The molecule has 0 unspecified atom stereocenters. The molecule has 0 atom stereocenters. The number of carbonyl (C=O) groups excluding carboxylic acids is 1. The highest BCUT2D eigenvalue weighted by Crippen LogP contribution is 2.32. The van der Waals surface area contributed by atoms with E-state index in [1.54, 1.807) is 22.6 Å². The molecule has 0 aliphatic heterocycles. The van der Waals surface area contributed by atoms with E-state index in [1.165, 1.54) is 6.07 Å². The molecule has 0 aromatic heterocycles. The highest BCUT2D eigenvalue weighted by molar-refractivity contribution is 14.1. The van der Waals surface area contributed by atoms with E-state index >= 15 is 0 Å². The van der Waals surface area contributed by atoms with E-state index in [4.69, 9.17) is 5.73 Å². The van der Waals surface area contributed by atoms with Crippen molar-refractivity contribution in [1.29, 1.82) is 0 Å². The second kappa shape index (κ2) is 3.76. The number of rotatable bonds is 1. The van der Waals surface area contributed by atoms with Gasteiger partial charge < -0.3 is 5.73 Å². The fourth-order valence-corrected chi connectivity index (χ4v) is 1.46. The lowest BCUT2D eigenvalue weighted by Gasteiger charge is -2.10. The summed E-state index contributed by atoms with van der Waals surface area (Å²) >= 11 is 1.73. The maximum Gasteiger partial charge on any atom is 0.417 e. The van der Waals surface area contributed by atoms with Crippen molar-refractivity contribution >= 4 is 28.5 Å². The van der Waals surface area contributed by atoms with Crippen molar-refractivity contribution < 1.29 is 18.0 Å². The van der Waals surface area contributed by atoms with Crippen LogP contribution in [0.15, 0.2) is 18.2 Å². The van der Waals surface area contributed by atoms with Gasteiger partial charge >= 0.3 is 6.18 Å². The van der Waals surface area contributed by atoms with Gasteiger partial charge in [0, 0.05) is 3.57 Å². The van der Waals surface area contributed by atoms with Crippen LogP contribution in [0.25, 0.3) is 0 Å². The molecule has 0 saturated heterocycles.